The Kier molecular flexibility index (Phi) is 8.66. The van der Waals surface area contributed by atoms with Gasteiger partial charge in [0.05, 0.1) is 19.8 Å². The van der Waals surface area contributed by atoms with Gasteiger partial charge in [-0.15, -0.1) is 0 Å². The molecule has 1 aliphatic rings. The van der Waals surface area contributed by atoms with E-state index in [1.54, 1.807) is 6.08 Å². The zero-order chi connectivity index (χ0) is 17.0. The van der Waals surface area contributed by atoms with E-state index in [1.165, 1.54) is 0 Å². The summed E-state index contributed by atoms with van der Waals surface area (Å²) in [5, 5.41) is 3.51. The SMILES string of the molecule is C=CCOc1c(CNCCCN2CCOCC2)cccc1OCC. The van der Waals surface area contributed by atoms with E-state index in [-0.39, 0.29) is 0 Å². The van der Waals surface area contributed by atoms with Crippen molar-refractivity contribution in [3.8, 4) is 11.5 Å². The maximum absolute atomic E-state index is 5.82. The lowest BCUT2D eigenvalue weighted by molar-refractivity contribution is 0.0374. The first kappa shape index (κ1) is 18.8. The molecule has 1 aromatic carbocycles. The summed E-state index contributed by atoms with van der Waals surface area (Å²) in [6.45, 7) is 13.5. The Morgan fingerprint density at radius 1 is 1.29 bits per heavy atom. The fourth-order valence-corrected chi connectivity index (χ4v) is 2.75. The van der Waals surface area contributed by atoms with Crippen molar-refractivity contribution in [3.63, 3.8) is 0 Å². The minimum Gasteiger partial charge on any atom is -0.490 e. The quantitative estimate of drug-likeness (QED) is 0.497. The van der Waals surface area contributed by atoms with Crippen LogP contribution in [0, 0.1) is 0 Å². The van der Waals surface area contributed by atoms with Gasteiger partial charge in [0.15, 0.2) is 11.5 Å². The highest BCUT2D eigenvalue weighted by atomic mass is 16.5. The summed E-state index contributed by atoms with van der Waals surface area (Å²) in [5.74, 6) is 1.62. The van der Waals surface area contributed by atoms with Gasteiger partial charge in [0.2, 0.25) is 0 Å². The molecule has 0 amide bonds. The molecule has 0 saturated carbocycles. The summed E-state index contributed by atoms with van der Waals surface area (Å²) < 4.78 is 16.9. The van der Waals surface area contributed by atoms with Crippen LogP contribution < -0.4 is 14.8 Å². The van der Waals surface area contributed by atoms with Gasteiger partial charge in [-0.25, -0.2) is 0 Å². The Labute approximate surface area is 145 Å². The molecule has 1 aromatic rings. The average molecular weight is 334 g/mol. The number of hydrogen-bond acceptors (Lipinski definition) is 5. The van der Waals surface area contributed by atoms with Gasteiger partial charge >= 0.3 is 0 Å². The Morgan fingerprint density at radius 3 is 2.88 bits per heavy atom. The fourth-order valence-electron chi connectivity index (χ4n) is 2.75. The van der Waals surface area contributed by atoms with Gasteiger partial charge in [-0.3, -0.25) is 4.90 Å². The lowest BCUT2D eigenvalue weighted by Crippen LogP contribution is -2.37. The zero-order valence-corrected chi connectivity index (χ0v) is 14.8. The third-order valence-corrected chi connectivity index (χ3v) is 3.95. The number of hydrogen-bond donors (Lipinski definition) is 1. The highest BCUT2D eigenvalue weighted by molar-refractivity contribution is 5.46. The second-order valence-electron chi connectivity index (χ2n) is 5.76. The maximum atomic E-state index is 5.82. The van der Waals surface area contributed by atoms with Crippen LogP contribution in [0.4, 0.5) is 0 Å². The predicted molar refractivity (Wildman–Crippen MR) is 96.9 cm³/mol. The summed E-state index contributed by atoms with van der Waals surface area (Å²) in [5.41, 5.74) is 1.12. The van der Waals surface area contributed by atoms with Crippen molar-refractivity contribution in [3.05, 3.63) is 36.4 Å². The van der Waals surface area contributed by atoms with Crippen LogP contribution in [0.25, 0.3) is 0 Å². The van der Waals surface area contributed by atoms with Crippen LogP contribution in [-0.4, -0.2) is 57.5 Å². The molecular formula is C19H30N2O3. The smallest absolute Gasteiger partial charge is 0.166 e. The molecule has 0 aliphatic carbocycles. The molecule has 1 heterocycles. The van der Waals surface area contributed by atoms with Crippen LogP contribution in [0.15, 0.2) is 30.9 Å². The largest absolute Gasteiger partial charge is 0.490 e. The molecule has 1 fully saturated rings. The van der Waals surface area contributed by atoms with E-state index in [0.717, 1.165) is 69.4 Å². The number of ether oxygens (including phenoxy) is 3. The van der Waals surface area contributed by atoms with Gasteiger partial charge in [-0.05, 0) is 32.5 Å². The first-order chi connectivity index (χ1) is 11.8. The second-order valence-corrected chi connectivity index (χ2v) is 5.76. The van der Waals surface area contributed by atoms with Crippen molar-refractivity contribution in [2.45, 2.75) is 19.9 Å². The minimum atomic E-state index is 0.480. The zero-order valence-electron chi connectivity index (χ0n) is 14.8. The average Bonchev–Trinajstić information content (AvgIpc) is 2.62. The molecule has 1 N–H and O–H groups in total. The third kappa shape index (κ3) is 6.15. The Bertz CT molecular complexity index is 488. The lowest BCUT2D eigenvalue weighted by atomic mass is 10.2. The number of benzene rings is 1. The summed E-state index contributed by atoms with van der Waals surface area (Å²) in [6, 6.07) is 6.04. The molecule has 24 heavy (non-hydrogen) atoms. The van der Waals surface area contributed by atoms with Crippen molar-refractivity contribution in [2.24, 2.45) is 0 Å². The van der Waals surface area contributed by atoms with Gasteiger partial charge in [-0.2, -0.15) is 0 Å². The van der Waals surface area contributed by atoms with E-state index in [2.05, 4.69) is 22.9 Å². The summed E-state index contributed by atoms with van der Waals surface area (Å²) in [4.78, 5) is 2.46. The summed E-state index contributed by atoms with van der Waals surface area (Å²) in [7, 11) is 0. The molecule has 0 spiro atoms. The molecule has 0 aromatic heterocycles. The number of para-hydroxylation sites is 1. The monoisotopic (exact) mass is 334 g/mol. The molecule has 5 nitrogen and oxygen atoms in total. The highest BCUT2D eigenvalue weighted by Gasteiger charge is 2.11. The third-order valence-electron chi connectivity index (χ3n) is 3.95. The molecule has 5 heteroatoms. The van der Waals surface area contributed by atoms with E-state index in [0.29, 0.717) is 13.2 Å². The van der Waals surface area contributed by atoms with Gasteiger partial charge in [0, 0.05) is 25.2 Å². The van der Waals surface area contributed by atoms with Crippen molar-refractivity contribution >= 4 is 0 Å². The van der Waals surface area contributed by atoms with Gasteiger partial charge in [0.25, 0.3) is 0 Å². The Hall–Kier alpha value is -1.56. The molecule has 0 bridgehead atoms. The lowest BCUT2D eigenvalue weighted by Gasteiger charge is -2.26. The molecular weight excluding hydrogens is 304 g/mol. The number of morpholine rings is 1. The molecule has 0 atom stereocenters. The van der Waals surface area contributed by atoms with Crippen LogP contribution >= 0.6 is 0 Å². The molecule has 1 saturated heterocycles. The molecule has 0 unspecified atom stereocenters. The predicted octanol–water partition coefficient (Wildman–Crippen LogP) is 2.46. The fraction of sp³-hybridized carbons (Fsp3) is 0.579. The van der Waals surface area contributed by atoms with Crippen LogP contribution in [0.3, 0.4) is 0 Å². The minimum absolute atomic E-state index is 0.480. The van der Waals surface area contributed by atoms with Crippen LogP contribution in [0.2, 0.25) is 0 Å². The number of nitrogens with one attached hydrogen (secondary N) is 1. The van der Waals surface area contributed by atoms with Crippen LogP contribution in [0.5, 0.6) is 11.5 Å². The van der Waals surface area contributed by atoms with Crippen molar-refractivity contribution in [1.82, 2.24) is 10.2 Å². The van der Waals surface area contributed by atoms with E-state index >= 15 is 0 Å². The van der Waals surface area contributed by atoms with E-state index in [4.69, 9.17) is 14.2 Å². The molecule has 2 rings (SSSR count). The first-order valence-corrected chi connectivity index (χ1v) is 8.84. The van der Waals surface area contributed by atoms with E-state index in [1.807, 2.05) is 19.1 Å². The van der Waals surface area contributed by atoms with Gasteiger partial charge < -0.3 is 19.5 Å². The highest BCUT2D eigenvalue weighted by Crippen LogP contribution is 2.31. The summed E-state index contributed by atoms with van der Waals surface area (Å²) in [6.07, 6.45) is 2.89. The normalized spacial score (nSPS) is 15.2. The van der Waals surface area contributed by atoms with E-state index < -0.39 is 0 Å². The molecule has 1 aliphatic heterocycles. The van der Waals surface area contributed by atoms with Crippen LogP contribution in [0.1, 0.15) is 18.9 Å². The summed E-state index contributed by atoms with van der Waals surface area (Å²) >= 11 is 0. The van der Waals surface area contributed by atoms with Crippen molar-refractivity contribution in [1.29, 1.82) is 0 Å². The Morgan fingerprint density at radius 2 is 2.12 bits per heavy atom. The molecule has 134 valence electrons. The standard InChI is InChI=1S/C19H30N2O3/c1-3-13-24-19-17(7-5-8-18(19)23-4-2)16-20-9-6-10-21-11-14-22-15-12-21/h3,5,7-8,20H,1,4,6,9-16H2,2H3. The topological polar surface area (TPSA) is 43.0 Å². The van der Waals surface area contributed by atoms with E-state index in [9.17, 15) is 0 Å². The number of nitrogens with zero attached hydrogens (tertiary/aromatic N) is 1. The van der Waals surface area contributed by atoms with Crippen LogP contribution in [-0.2, 0) is 11.3 Å². The van der Waals surface area contributed by atoms with Gasteiger partial charge in [0.1, 0.15) is 6.61 Å². The second kappa shape index (κ2) is 11.1. The molecule has 0 radical (unpaired) electrons. The first-order valence-electron chi connectivity index (χ1n) is 8.84. The Balaban J connectivity index is 1.79. The van der Waals surface area contributed by atoms with Gasteiger partial charge in [-0.1, -0.05) is 24.8 Å². The number of rotatable bonds is 11. The van der Waals surface area contributed by atoms with Crippen molar-refractivity contribution in [2.75, 3.05) is 52.6 Å². The maximum Gasteiger partial charge on any atom is 0.166 e. The van der Waals surface area contributed by atoms with Crippen molar-refractivity contribution < 1.29 is 14.2 Å².